The third-order valence-electron chi connectivity index (χ3n) is 4.26. The van der Waals surface area contributed by atoms with Crippen LogP contribution in [0, 0.1) is 12.8 Å². The molecule has 2 atom stereocenters. The van der Waals surface area contributed by atoms with Crippen molar-refractivity contribution in [2.24, 2.45) is 12.9 Å². The van der Waals surface area contributed by atoms with E-state index in [0.717, 1.165) is 11.3 Å². The number of aromatic nitrogens is 2. The number of benzene rings is 1. The molecule has 0 bridgehead atoms. The third-order valence-corrected chi connectivity index (χ3v) is 4.57. The first-order valence-corrected chi connectivity index (χ1v) is 9.60. The third kappa shape index (κ3) is 5.04. The molecule has 0 aliphatic rings. The zero-order valence-corrected chi connectivity index (χ0v) is 16.8. The monoisotopic (exact) mass is 402 g/mol. The van der Waals surface area contributed by atoms with Crippen LogP contribution in [-0.2, 0) is 18.2 Å². The Morgan fingerprint density at radius 1 is 1.46 bits per heavy atom. The fraction of sp³-hybridized carbons (Fsp3) is 0.579. The minimum absolute atomic E-state index is 0.0500. The van der Waals surface area contributed by atoms with Crippen molar-refractivity contribution in [1.29, 1.82) is 0 Å². The van der Waals surface area contributed by atoms with Crippen molar-refractivity contribution in [2.75, 3.05) is 23.9 Å². The molecule has 0 aliphatic carbocycles. The lowest BCUT2D eigenvalue weighted by molar-refractivity contribution is -0.137. The molecule has 1 aromatic heterocycles. The quantitative estimate of drug-likeness (QED) is 0.638. The van der Waals surface area contributed by atoms with Crippen LogP contribution in [0.1, 0.15) is 35.8 Å². The molecule has 1 aromatic carbocycles. The van der Waals surface area contributed by atoms with Crippen LogP contribution in [0.3, 0.4) is 0 Å². The van der Waals surface area contributed by atoms with Gasteiger partial charge in [0.25, 0.3) is 0 Å². The van der Waals surface area contributed by atoms with E-state index in [0.29, 0.717) is 35.8 Å². The molecule has 0 aliphatic heterocycles. The molecule has 0 saturated heterocycles. The van der Waals surface area contributed by atoms with Crippen LogP contribution >= 0.6 is 23.2 Å². The van der Waals surface area contributed by atoms with Crippen molar-refractivity contribution < 1.29 is 14.0 Å². The molecule has 0 spiro atoms. The van der Waals surface area contributed by atoms with Crippen molar-refractivity contribution in [3.8, 4) is 0 Å². The first kappa shape index (κ1) is 16.7. The highest BCUT2D eigenvalue weighted by Gasteiger charge is 2.17. The number of fused-ring (bicyclic) bond motifs is 1. The molecule has 26 heavy (non-hydrogen) atoms. The number of alkyl halides is 2. The fourth-order valence-corrected chi connectivity index (χ4v) is 3.51. The van der Waals surface area contributed by atoms with Gasteiger partial charge in [-0.25, -0.2) is 4.98 Å². The molecule has 2 aromatic rings. The average Bonchev–Trinajstić information content (AvgIpc) is 2.88. The molecule has 7 heteroatoms. The van der Waals surface area contributed by atoms with Crippen LogP contribution in [0.2, 0.25) is 0 Å². The summed E-state index contributed by atoms with van der Waals surface area (Å²) in [7, 11) is 0. The molecule has 1 heterocycles. The van der Waals surface area contributed by atoms with Gasteiger partial charge in [0.1, 0.15) is 5.82 Å². The Labute approximate surface area is 169 Å². The summed E-state index contributed by atoms with van der Waals surface area (Å²) in [6.07, 6.45) is 0.212. The van der Waals surface area contributed by atoms with Crippen LogP contribution < -0.4 is 4.90 Å². The van der Waals surface area contributed by atoms with Crippen molar-refractivity contribution in [1.82, 2.24) is 9.55 Å². The summed E-state index contributed by atoms with van der Waals surface area (Å²) in [5, 5.41) is 8.94. The molecule has 0 fully saturated rings. The summed E-state index contributed by atoms with van der Waals surface area (Å²) in [5.74, 6) is -0.363. The van der Waals surface area contributed by atoms with Gasteiger partial charge in [0.15, 0.2) is 0 Å². The van der Waals surface area contributed by atoms with Crippen LogP contribution in [-0.4, -0.2) is 45.0 Å². The number of carbonyl (C=O) groups is 1. The maximum atomic E-state index is 11.0. The molecule has 0 saturated carbocycles. The second-order valence-corrected chi connectivity index (χ2v) is 7.94. The van der Waals surface area contributed by atoms with Gasteiger partial charge >= 0.3 is 5.97 Å². The maximum absolute atomic E-state index is 11.0. The largest absolute Gasteiger partial charge is 0.481 e. The van der Waals surface area contributed by atoms with Gasteiger partial charge in [-0.15, -0.1) is 23.2 Å². The van der Waals surface area contributed by atoms with Gasteiger partial charge in [-0.2, -0.15) is 0 Å². The number of anilines is 1. The molecule has 0 amide bonds. The summed E-state index contributed by atoms with van der Waals surface area (Å²) in [6, 6.07) is 3.68. The number of nitrogens with zero attached hydrogens (tertiary/aromatic N) is 3. The van der Waals surface area contributed by atoms with E-state index < -0.39 is 12.9 Å². The number of aliphatic carboxylic acids is 1. The Kier molecular flexibility index (Phi) is 5.75. The van der Waals surface area contributed by atoms with Gasteiger partial charge in [-0.3, -0.25) is 4.79 Å². The lowest BCUT2D eigenvalue weighted by Crippen LogP contribution is -2.31. The number of carboxylic acids is 1. The van der Waals surface area contributed by atoms with E-state index in [4.69, 9.17) is 32.4 Å². The van der Waals surface area contributed by atoms with Gasteiger partial charge < -0.3 is 14.6 Å². The smallest absolute Gasteiger partial charge is 0.303 e. The van der Waals surface area contributed by atoms with Gasteiger partial charge in [-0.1, -0.05) is 6.92 Å². The second kappa shape index (κ2) is 8.96. The summed E-state index contributed by atoms with van der Waals surface area (Å²) in [4.78, 5) is 17.6. The van der Waals surface area contributed by atoms with Crippen molar-refractivity contribution in [2.45, 2.75) is 39.0 Å². The Morgan fingerprint density at radius 2 is 2.19 bits per heavy atom. The summed E-state index contributed by atoms with van der Waals surface area (Å²) in [6.45, 7) is 4.39. The van der Waals surface area contributed by atoms with Crippen LogP contribution in [0.5, 0.6) is 0 Å². The number of carboxylic acid groups (broad SMARTS) is 1. The van der Waals surface area contributed by atoms with E-state index in [1.165, 1.54) is 4.57 Å². The summed E-state index contributed by atoms with van der Waals surface area (Å²) >= 11 is 12.2. The fourth-order valence-electron chi connectivity index (χ4n) is 3.14. The number of hydrogen-bond acceptors (Lipinski definition) is 3. The first-order valence-electron chi connectivity index (χ1n) is 10.1. The average molecular weight is 403 g/mol. The predicted octanol–water partition coefficient (Wildman–Crippen LogP) is 4.21. The molecule has 5 nitrogen and oxygen atoms in total. The number of rotatable bonds is 9. The van der Waals surface area contributed by atoms with E-state index in [-0.39, 0.29) is 24.1 Å². The zero-order valence-electron chi connectivity index (χ0n) is 18.3. The minimum atomic E-state index is -2.42. The van der Waals surface area contributed by atoms with Crippen molar-refractivity contribution in [3.05, 3.63) is 23.5 Å². The lowest BCUT2D eigenvalue weighted by atomic mass is 10.0. The van der Waals surface area contributed by atoms with Gasteiger partial charge in [-0.05, 0) is 37.5 Å². The van der Waals surface area contributed by atoms with Crippen LogP contribution in [0.4, 0.5) is 5.69 Å². The molecule has 144 valence electrons. The Morgan fingerprint density at radius 3 is 2.77 bits per heavy atom. The SMILES string of the molecule is [2H]C([2H])([2H])n1c(CC(C)CC(=O)O)nc2cc(N(CCCl)CC(C)Cl)c(C)cc21. The van der Waals surface area contributed by atoms with Gasteiger partial charge in [0.05, 0.1) is 11.0 Å². The predicted molar refractivity (Wildman–Crippen MR) is 109 cm³/mol. The normalized spacial score (nSPS) is 16.0. The topological polar surface area (TPSA) is 58.4 Å². The van der Waals surface area contributed by atoms with E-state index in [2.05, 4.69) is 9.88 Å². The molecular weight excluding hydrogens is 373 g/mol. The molecule has 0 radical (unpaired) electrons. The number of hydrogen-bond donors (Lipinski definition) is 1. The standard InChI is InChI=1S/C19H27Cl2N3O2/c1-12(8-19(25)26)7-18-22-15-10-16(13(2)9-17(15)23(18)4)24(6-5-20)11-14(3)21/h9-10,12,14H,5-8,11H2,1-4H3,(H,25,26)/i4D3. The van der Waals surface area contributed by atoms with Gasteiger partial charge in [0.2, 0.25) is 0 Å². The van der Waals surface area contributed by atoms with E-state index in [9.17, 15) is 4.79 Å². The number of aryl methyl sites for hydroxylation is 2. The molecule has 2 rings (SSSR count). The van der Waals surface area contributed by atoms with Crippen molar-refractivity contribution in [3.63, 3.8) is 0 Å². The van der Waals surface area contributed by atoms with E-state index in [1.807, 2.05) is 26.0 Å². The van der Waals surface area contributed by atoms with Crippen LogP contribution in [0.25, 0.3) is 11.0 Å². The zero-order chi connectivity index (χ0) is 21.9. The maximum Gasteiger partial charge on any atom is 0.303 e. The van der Waals surface area contributed by atoms with Crippen molar-refractivity contribution >= 4 is 45.9 Å². The van der Waals surface area contributed by atoms with Gasteiger partial charge in [0, 0.05) is 54.0 Å². The Hall–Kier alpha value is -1.46. The van der Waals surface area contributed by atoms with E-state index >= 15 is 0 Å². The number of halogens is 2. The summed E-state index contributed by atoms with van der Waals surface area (Å²) in [5.41, 5.74) is 2.87. The Balaban J connectivity index is 2.57. The molecule has 2 unspecified atom stereocenters. The summed E-state index contributed by atoms with van der Waals surface area (Å²) < 4.78 is 25.1. The van der Waals surface area contributed by atoms with E-state index in [1.54, 1.807) is 6.92 Å². The number of imidazole rings is 1. The molecular formula is C19H27Cl2N3O2. The highest BCUT2D eigenvalue weighted by atomic mass is 35.5. The van der Waals surface area contributed by atoms with Crippen LogP contribution in [0.15, 0.2) is 12.1 Å². The lowest BCUT2D eigenvalue weighted by Gasteiger charge is -2.26. The highest BCUT2D eigenvalue weighted by molar-refractivity contribution is 6.20. The first-order chi connectivity index (χ1) is 13.4. The minimum Gasteiger partial charge on any atom is -0.481 e. The highest BCUT2D eigenvalue weighted by Crippen LogP contribution is 2.28. The Bertz CT molecular complexity index is 868. The second-order valence-electron chi connectivity index (χ2n) is 6.81. The molecule has 1 N–H and O–H groups in total.